The molecular weight excluding hydrogens is 296 g/mol. The van der Waals surface area contributed by atoms with Gasteiger partial charge in [-0.15, -0.1) is 0 Å². The molecule has 2 fully saturated rings. The van der Waals surface area contributed by atoms with Crippen molar-refractivity contribution in [2.45, 2.75) is 26.2 Å². The van der Waals surface area contributed by atoms with E-state index in [2.05, 4.69) is 53.1 Å². The lowest BCUT2D eigenvalue weighted by molar-refractivity contribution is -0.132. The average molecular weight is 324 g/mol. The van der Waals surface area contributed by atoms with E-state index in [9.17, 15) is 4.79 Å². The van der Waals surface area contributed by atoms with Gasteiger partial charge in [-0.2, -0.15) is 0 Å². The Morgan fingerprint density at radius 3 is 2.42 bits per heavy atom. The molecule has 0 N–H and O–H groups in total. The number of rotatable bonds is 4. The van der Waals surface area contributed by atoms with E-state index in [0.717, 1.165) is 49.5 Å². The first kappa shape index (κ1) is 15.9. The lowest BCUT2D eigenvalue weighted by atomic mass is 9.93. The molecule has 1 aliphatic heterocycles. The zero-order valence-electron chi connectivity index (χ0n) is 14.7. The number of carbonyl (C=O) groups excluding carboxylic acids is 1. The molecular formula is C21H28N2O. The number of hydrogen-bond donors (Lipinski definition) is 0. The first-order valence-electron chi connectivity index (χ1n) is 9.41. The fourth-order valence-corrected chi connectivity index (χ4v) is 4.61. The molecule has 1 aromatic carbocycles. The fraction of sp³-hybridized carbons (Fsp3) is 0.571. The monoisotopic (exact) mass is 324 g/mol. The fourth-order valence-electron chi connectivity index (χ4n) is 4.61. The van der Waals surface area contributed by atoms with Crippen molar-refractivity contribution in [1.29, 1.82) is 0 Å². The first-order valence-corrected chi connectivity index (χ1v) is 9.41. The van der Waals surface area contributed by atoms with Crippen LogP contribution in [0.4, 0.5) is 0 Å². The molecule has 1 aromatic rings. The third-order valence-electron chi connectivity index (χ3n) is 6.11. The van der Waals surface area contributed by atoms with E-state index in [1.165, 1.54) is 24.9 Å². The van der Waals surface area contributed by atoms with Crippen molar-refractivity contribution in [1.82, 2.24) is 9.80 Å². The summed E-state index contributed by atoms with van der Waals surface area (Å²) in [5.74, 6) is 2.82. The Bertz CT molecular complexity index is 613. The highest BCUT2D eigenvalue weighted by Gasteiger charge is 2.36. The Balaban J connectivity index is 1.24. The number of nitrogens with zero attached hydrogens (tertiary/aromatic N) is 2. The van der Waals surface area contributed by atoms with Gasteiger partial charge in [0.25, 0.3) is 0 Å². The van der Waals surface area contributed by atoms with Crippen molar-refractivity contribution >= 4 is 5.91 Å². The van der Waals surface area contributed by atoms with Crippen LogP contribution in [0.1, 0.15) is 24.0 Å². The summed E-state index contributed by atoms with van der Waals surface area (Å²) in [5.41, 5.74) is 2.37. The minimum absolute atomic E-state index is 0.279. The average Bonchev–Trinajstić information content (AvgIpc) is 3.20. The van der Waals surface area contributed by atoms with Gasteiger partial charge in [0.05, 0.1) is 6.42 Å². The summed E-state index contributed by atoms with van der Waals surface area (Å²) in [4.78, 5) is 17.1. The molecule has 1 heterocycles. The normalized spacial score (nSPS) is 29.4. The smallest absolute Gasteiger partial charge is 0.227 e. The van der Waals surface area contributed by atoms with E-state index in [1.54, 1.807) is 0 Å². The second-order valence-corrected chi connectivity index (χ2v) is 7.88. The van der Waals surface area contributed by atoms with Crippen molar-refractivity contribution in [3.05, 3.63) is 47.5 Å². The summed E-state index contributed by atoms with van der Waals surface area (Å²) in [6.07, 6.45) is 8.17. The molecule has 0 spiro atoms. The molecule has 0 aromatic heterocycles. The minimum atomic E-state index is 0.279. The summed E-state index contributed by atoms with van der Waals surface area (Å²) in [5, 5.41) is 0. The lowest BCUT2D eigenvalue weighted by Gasteiger charge is -2.37. The van der Waals surface area contributed by atoms with Gasteiger partial charge in [0, 0.05) is 32.7 Å². The van der Waals surface area contributed by atoms with Crippen LogP contribution in [0.2, 0.25) is 0 Å². The van der Waals surface area contributed by atoms with Gasteiger partial charge in [0.15, 0.2) is 0 Å². The van der Waals surface area contributed by atoms with E-state index < -0.39 is 0 Å². The molecule has 3 unspecified atom stereocenters. The number of aryl methyl sites for hydroxylation is 1. The Morgan fingerprint density at radius 1 is 1.04 bits per heavy atom. The van der Waals surface area contributed by atoms with Crippen molar-refractivity contribution in [3.63, 3.8) is 0 Å². The molecule has 3 nitrogen and oxygen atoms in total. The van der Waals surface area contributed by atoms with Crippen LogP contribution < -0.4 is 0 Å². The molecule has 1 amide bonds. The highest BCUT2D eigenvalue weighted by atomic mass is 16.2. The Labute approximate surface area is 145 Å². The van der Waals surface area contributed by atoms with Crippen LogP contribution in [0.3, 0.4) is 0 Å². The van der Waals surface area contributed by atoms with Crippen LogP contribution >= 0.6 is 0 Å². The number of carbonyl (C=O) groups is 1. The quantitative estimate of drug-likeness (QED) is 0.795. The van der Waals surface area contributed by atoms with E-state index in [-0.39, 0.29) is 5.91 Å². The molecule has 128 valence electrons. The summed E-state index contributed by atoms with van der Waals surface area (Å²) in [7, 11) is 0. The van der Waals surface area contributed by atoms with Crippen LogP contribution in [0.15, 0.2) is 36.4 Å². The van der Waals surface area contributed by atoms with E-state index in [0.29, 0.717) is 6.42 Å². The SMILES string of the molecule is Cc1ccc(CC(=O)N2CCN(CC3CC4C=CC3C4)CC2)cc1. The van der Waals surface area contributed by atoms with Gasteiger partial charge >= 0.3 is 0 Å². The van der Waals surface area contributed by atoms with Gasteiger partial charge in [-0.05, 0) is 43.1 Å². The van der Waals surface area contributed by atoms with Gasteiger partial charge in [-0.1, -0.05) is 42.0 Å². The predicted molar refractivity (Wildman–Crippen MR) is 96.7 cm³/mol. The molecule has 2 aliphatic carbocycles. The standard InChI is InChI=1S/C21H28N2O/c1-16-2-4-17(5-3-16)14-21(24)23-10-8-22(9-11-23)15-20-13-18-6-7-19(20)12-18/h2-7,18-20H,8-15H2,1H3. The van der Waals surface area contributed by atoms with Crippen molar-refractivity contribution in [3.8, 4) is 0 Å². The highest BCUT2D eigenvalue weighted by Crippen LogP contribution is 2.43. The summed E-state index contributed by atoms with van der Waals surface area (Å²) in [6.45, 7) is 7.17. The molecule has 1 saturated heterocycles. The third kappa shape index (κ3) is 3.41. The number of allylic oxidation sites excluding steroid dienone is 2. The van der Waals surface area contributed by atoms with Crippen LogP contribution in [0, 0.1) is 24.7 Å². The second-order valence-electron chi connectivity index (χ2n) is 7.88. The number of fused-ring (bicyclic) bond motifs is 2. The van der Waals surface area contributed by atoms with Crippen LogP contribution in [-0.4, -0.2) is 48.4 Å². The molecule has 3 heteroatoms. The minimum Gasteiger partial charge on any atom is -0.340 e. The first-order chi connectivity index (χ1) is 11.7. The van der Waals surface area contributed by atoms with E-state index in [4.69, 9.17) is 0 Å². The lowest BCUT2D eigenvalue weighted by Crippen LogP contribution is -2.50. The van der Waals surface area contributed by atoms with Gasteiger partial charge < -0.3 is 4.90 Å². The molecule has 3 atom stereocenters. The molecule has 24 heavy (non-hydrogen) atoms. The van der Waals surface area contributed by atoms with E-state index >= 15 is 0 Å². The van der Waals surface area contributed by atoms with Gasteiger partial charge in [0.2, 0.25) is 5.91 Å². The maximum Gasteiger partial charge on any atom is 0.227 e. The number of amides is 1. The van der Waals surface area contributed by atoms with Crippen LogP contribution in [0.25, 0.3) is 0 Å². The van der Waals surface area contributed by atoms with Crippen molar-refractivity contribution < 1.29 is 4.79 Å². The Morgan fingerprint density at radius 2 is 1.79 bits per heavy atom. The molecule has 1 saturated carbocycles. The van der Waals surface area contributed by atoms with E-state index in [1.807, 2.05) is 0 Å². The molecule has 4 rings (SSSR count). The van der Waals surface area contributed by atoms with Crippen LogP contribution in [0.5, 0.6) is 0 Å². The summed E-state index contributed by atoms with van der Waals surface area (Å²) in [6, 6.07) is 8.33. The topological polar surface area (TPSA) is 23.6 Å². The highest BCUT2D eigenvalue weighted by molar-refractivity contribution is 5.78. The Hall–Kier alpha value is -1.61. The maximum atomic E-state index is 12.5. The molecule has 0 radical (unpaired) electrons. The van der Waals surface area contributed by atoms with Crippen molar-refractivity contribution in [2.75, 3.05) is 32.7 Å². The molecule has 3 aliphatic rings. The van der Waals surface area contributed by atoms with Gasteiger partial charge in [-0.25, -0.2) is 0 Å². The zero-order chi connectivity index (χ0) is 16.5. The van der Waals surface area contributed by atoms with Gasteiger partial charge in [-0.3, -0.25) is 9.69 Å². The largest absolute Gasteiger partial charge is 0.340 e. The number of piperazine rings is 1. The summed E-state index contributed by atoms with van der Waals surface area (Å²) >= 11 is 0. The van der Waals surface area contributed by atoms with Crippen molar-refractivity contribution in [2.24, 2.45) is 17.8 Å². The van der Waals surface area contributed by atoms with Crippen LogP contribution in [-0.2, 0) is 11.2 Å². The molecule has 2 bridgehead atoms. The predicted octanol–water partition coefficient (Wildman–Crippen LogP) is 2.89. The van der Waals surface area contributed by atoms with Gasteiger partial charge in [0.1, 0.15) is 0 Å². The number of hydrogen-bond acceptors (Lipinski definition) is 2. The third-order valence-corrected chi connectivity index (χ3v) is 6.11. The Kier molecular flexibility index (Phi) is 4.45. The maximum absolute atomic E-state index is 12.5. The second kappa shape index (κ2) is 6.72. The summed E-state index contributed by atoms with van der Waals surface area (Å²) < 4.78 is 0. The zero-order valence-corrected chi connectivity index (χ0v) is 14.7. The number of benzene rings is 1.